The molecule has 0 saturated carbocycles. The summed E-state index contributed by atoms with van der Waals surface area (Å²) in [4.78, 5) is 14.7. The molecule has 0 amide bonds. The van der Waals surface area contributed by atoms with Gasteiger partial charge in [-0.05, 0) is 18.2 Å². The molecule has 3 aromatic rings. The van der Waals surface area contributed by atoms with Crippen molar-refractivity contribution in [2.24, 2.45) is 0 Å². The Bertz CT molecular complexity index is 779. The van der Waals surface area contributed by atoms with Crippen LogP contribution in [0.25, 0.3) is 22.3 Å². The molecule has 1 N–H and O–H groups in total. The molecule has 0 aliphatic heterocycles. The first-order valence-electron chi connectivity index (χ1n) is 5.52. The largest absolute Gasteiger partial charge is 0.478 e. The lowest BCUT2D eigenvalue weighted by molar-refractivity contribution is 0.0696. The van der Waals surface area contributed by atoms with Crippen molar-refractivity contribution in [1.29, 1.82) is 0 Å². The average molecular weight is 257 g/mol. The minimum Gasteiger partial charge on any atom is -0.478 e. The Morgan fingerprint density at radius 2 is 2.11 bits per heavy atom. The van der Waals surface area contributed by atoms with Crippen LogP contribution in [0.3, 0.4) is 0 Å². The fraction of sp³-hybridized carbons (Fsp3) is 0. The number of para-hydroxylation sites is 1. The van der Waals surface area contributed by atoms with Gasteiger partial charge >= 0.3 is 5.97 Å². The number of furan rings is 1. The first-order chi connectivity index (χ1) is 9.15. The third kappa shape index (κ3) is 1.95. The molecule has 0 aliphatic rings. The summed E-state index contributed by atoms with van der Waals surface area (Å²) in [5.41, 5.74) is 0.701. The number of carbonyl (C=O) groups is 1. The van der Waals surface area contributed by atoms with E-state index in [2.05, 4.69) is 4.98 Å². The number of pyridine rings is 1. The normalized spacial score (nSPS) is 10.8. The lowest BCUT2D eigenvalue weighted by Crippen LogP contribution is -1.96. The third-order valence-electron chi connectivity index (χ3n) is 2.77. The van der Waals surface area contributed by atoms with E-state index in [4.69, 9.17) is 9.52 Å². The second-order valence-corrected chi connectivity index (χ2v) is 4.04. The highest BCUT2D eigenvalue weighted by molar-refractivity contribution is 5.89. The Balaban J connectivity index is 2.16. The van der Waals surface area contributed by atoms with Crippen LogP contribution in [0.5, 0.6) is 0 Å². The van der Waals surface area contributed by atoms with Gasteiger partial charge in [0, 0.05) is 23.3 Å². The zero-order chi connectivity index (χ0) is 13.4. The van der Waals surface area contributed by atoms with Crippen LogP contribution in [-0.4, -0.2) is 16.1 Å². The van der Waals surface area contributed by atoms with E-state index in [-0.39, 0.29) is 11.1 Å². The number of aromatic nitrogens is 1. The van der Waals surface area contributed by atoms with Crippen molar-refractivity contribution >= 4 is 16.9 Å². The number of fused-ring (bicyclic) bond motifs is 1. The molecule has 3 rings (SSSR count). The van der Waals surface area contributed by atoms with Gasteiger partial charge in [-0.3, -0.25) is 4.98 Å². The van der Waals surface area contributed by atoms with Crippen molar-refractivity contribution in [3.63, 3.8) is 0 Å². The SMILES string of the molecule is O=C(O)c1cncc(-c2cc3cccc(F)c3o2)c1. The van der Waals surface area contributed by atoms with Gasteiger partial charge in [-0.25, -0.2) is 9.18 Å². The van der Waals surface area contributed by atoms with Crippen molar-refractivity contribution in [2.75, 3.05) is 0 Å². The van der Waals surface area contributed by atoms with Gasteiger partial charge in [0.15, 0.2) is 11.4 Å². The highest BCUT2D eigenvalue weighted by Gasteiger charge is 2.12. The van der Waals surface area contributed by atoms with E-state index in [0.717, 1.165) is 0 Å². The van der Waals surface area contributed by atoms with Crippen molar-refractivity contribution in [1.82, 2.24) is 4.98 Å². The maximum Gasteiger partial charge on any atom is 0.337 e. The van der Waals surface area contributed by atoms with E-state index in [1.165, 1.54) is 24.5 Å². The molecule has 0 radical (unpaired) electrons. The molecule has 94 valence electrons. The van der Waals surface area contributed by atoms with Crippen LogP contribution in [0.2, 0.25) is 0 Å². The van der Waals surface area contributed by atoms with E-state index < -0.39 is 11.8 Å². The summed E-state index contributed by atoms with van der Waals surface area (Å²) in [7, 11) is 0. The minimum absolute atomic E-state index is 0.0541. The molecule has 0 bridgehead atoms. The number of nitrogens with zero attached hydrogens (tertiary/aromatic N) is 1. The standard InChI is InChI=1S/C14H8FNO3/c15-11-3-1-2-8-5-12(19-13(8)11)9-4-10(14(17)18)7-16-6-9/h1-7H,(H,17,18). The Morgan fingerprint density at radius 3 is 2.84 bits per heavy atom. The second kappa shape index (κ2) is 4.20. The van der Waals surface area contributed by atoms with Gasteiger partial charge in [0.25, 0.3) is 0 Å². The van der Waals surface area contributed by atoms with Crippen molar-refractivity contribution in [2.45, 2.75) is 0 Å². The van der Waals surface area contributed by atoms with Gasteiger partial charge in [0.1, 0.15) is 5.76 Å². The van der Waals surface area contributed by atoms with Crippen molar-refractivity contribution in [3.05, 3.63) is 54.1 Å². The molecule has 4 nitrogen and oxygen atoms in total. The van der Waals surface area contributed by atoms with Crippen LogP contribution in [-0.2, 0) is 0 Å². The molecule has 0 aliphatic carbocycles. The molecule has 2 heterocycles. The summed E-state index contributed by atoms with van der Waals surface area (Å²) in [6, 6.07) is 7.70. The maximum atomic E-state index is 13.5. The minimum atomic E-state index is -1.07. The summed E-state index contributed by atoms with van der Waals surface area (Å²) < 4.78 is 18.9. The monoisotopic (exact) mass is 257 g/mol. The fourth-order valence-electron chi connectivity index (χ4n) is 1.86. The van der Waals surface area contributed by atoms with E-state index in [1.54, 1.807) is 18.2 Å². The number of halogens is 1. The van der Waals surface area contributed by atoms with E-state index in [1.807, 2.05) is 0 Å². The molecule has 2 aromatic heterocycles. The summed E-state index contributed by atoms with van der Waals surface area (Å²) in [5.74, 6) is -1.14. The Kier molecular flexibility index (Phi) is 2.52. The van der Waals surface area contributed by atoms with Gasteiger partial charge in [0.05, 0.1) is 5.56 Å². The van der Waals surface area contributed by atoms with Crippen molar-refractivity contribution < 1.29 is 18.7 Å². The van der Waals surface area contributed by atoms with E-state index in [0.29, 0.717) is 16.7 Å². The second-order valence-electron chi connectivity index (χ2n) is 4.04. The number of carboxylic acid groups (broad SMARTS) is 1. The molecule has 0 unspecified atom stereocenters. The van der Waals surface area contributed by atoms with Crippen LogP contribution in [0.15, 0.2) is 47.1 Å². The number of aromatic carboxylic acids is 1. The molecule has 19 heavy (non-hydrogen) atoms. The zero-order valence-corrected chi connectivity index (χ0v) is 9.63. The van der Waals surface area contributed by atoms with Crippen LogP contribution in [0, 0.1) is 5.82 Å². The fourth-order valence-corrected chi connectivity index (χ4v) is 1.86. The molecule has 0 spiro atoms. The van der Waals surface area contributed by atoms with Crippen LogP contribution < -0.4 is 0 Å². The third-order valence-corrected chi connectivity index (χ3v) is 2.77. The van der Waals surface area contributed by atoms with Crippen molar-refractivity contribution in [3.8, 4) is 11.3 Å². The van der Waals surface area contributed by atoms with Crippen LogP contribution in [0.1, 0.15) is 10.4 Å². The Morgan fingerprint density at radius 1 is 1.26 bits per heavy atom. The van der Waals surface area contributed by atoms with Gasteiger partial charge in [0.2, 0.25) is 0 Å². The molecule has 1 aromatic carbocycles. The van der Waals surface area contributed by atoms with Gasteiger partial charge in [-0.1, -0.05) is 12.1 Å². The molecular formula is C14H8FNO3. The summed E-state index contributed by atoms with van der Waals surface area (Å²) in [6.07, 6.45) is 2.72. The van der Waals surface area contributed by atoms with E-state index >= 15 is 0 Å². The molecule has 0 saturated heterocycles. The number of carboxylic acids is 1. The number of rotatable bonds is 2. The Labute approximate surface area is 107 Å². The van der Waals surface area contributed by atoms with Gasteiger partial charge in [-0.2, -0.15) is 0 Å². The highest BCUT2D eigenvalue weighted by Crippen LogP contribution is 2.29. The lowest BCUT2D eigenvalue weighted by Gasteiger charge is -1.97. The van der Waals surface area contributed by atoms with Crippen LogP contribution in [0.4, 0.5) is 4.39 Å². The summed E-state index contributed by atoms with van der Waals surface area (Å²) in [5, 5.41) is 9.53. The van der Waals surface area contributed by atoms with Crippen LogP contribution >= 0.6 is 0 Å². The first kappa shape index (κ1) is 11.4. The zero-order valence-electron chi connectivity index (χ0n) is 9.63. The molecule has 0 atom stereocenters. The topological polar surface area (TPSA) is 63.3 Å². The molecule has 5 heteroatoms. The molecular weight excluding hydrogens is 249 g/mol. The summed E-state index contributed by atoms with van der Waals surface area (Å²) >= 11 is 0. The Hall–Kier alpha value is -2.69. The highest BCUT2D eigenvalue weighted by atomic mass is 19.1. The number of hydrogen-bond donors (Lipinski definition) is 1. The quantitative estimate of drug-likeness (QED) is 0.764. The summed E-state index contributed by atoms with van der Waals surface area (Å²) in [6.45, 7) is 0. The van der Waals surface area contributed by atoms with Gasteiger partial charge in [-0.15, -0.1) is 0 Å². The van der Waals surface area contributed by atoms with Gasteiger partial charge < -0.3 is 9.52 Å². The number of hydrogen-bond acceptors (Lipinski definition) is 3. The maximum absolute atomic E-state index is 13.5. The number of benzene rings is 1. The van der Waals surface area contributed by atoms with E-state index in [9.17, 15) is 9.18 Å². The molecule has 0 fully saturated rings. The smallest absolute Gasteiger partial charge is 0.337 e. The average Bonchev–Trinajstić information content (AvgIpc) is 2.84. The first-order valence-corrected chi connectivity index (χ1v) is 5.52. The lowest BCUT2D eigenvalue weighted by atomic mass is 10.1. The predicted octanol–water partition coefficient (Wildman–Crippen LogP) is 3.33. The predicted molar refractivity (Wildman–Crippen MR) is 66.4 cm³/mol.